The highest BCUT2D eigenvalue weighted by molar-refractivity contribution is 5.81. The number of fused-ring (bicyclic) bond motifs is 1. The largest absolute Gasteiger partial charge is 0.394 e. The van der Waals surface area contributed by atoms with Crippen molar-refractivity contribution in [2.75, 3.05) is 12.3 Å². The van der Waals surface area contributed by atoms with Crippen LogP contribution in [0.4, 0.5) is 5.82 Å². The minimum absolute atomic E-state index is 0.232. The summed E-state index contributed by atoms with van der Waals surface area (Å²) in [5.41, 5.74) is 6.46. The van der Waals surface area contributed by atoms with Crippen LogP contribution in [-0.2, 0) is 4.74 Å². The molecule has 1 fully saturated rings. The van der Waals surface area contributed by atoms with Crippen molar-refractivity contribution in [2.24, 2.45) is 0 Å². The number of rotatable bonds is 2. The third-order valence-electron chi connectivity index (χ3n) is 3.15. The van der Waals surface area contributed by atoms with E-state index in [4.69, 9.17) is 15.6 Å². The zero-order valence-electron chi connectivity index (χ0n) is 9.76. The third kappa shape index (κ3) is 1.83. The van der Waals surface area contributed by atoms with Gasteiger partial charge in [0.15, 0.2) is 11.5 Å². The maximum atomic E-state index is 9.89. The average molecular weight is 267 g/mol. The first-order valence-corrected chi connectivity index (χ1v) is 5.70. The summed E-state index contributed by atoms with van der Waals surface area (Å²) in [7, 11) is 0. The summed E-state index contributed by atoms with van der Waals surface area (Å²) in [6, 6.07) is 0. The molecule has 1 aliphatic rings. The molecule has 3 rings (SSSR count). The second-order valence-corrected chi connectivity index (χ2v) is 4.34. The second-order valence-electron chi connectivity index (χ2n) is 4.34. The Kier molecular flexibility index (Phi) is 2.82. The van der Waals surface area contributed by atoms with Crippen molar-refractivity contribution in [3.63, 3.8) is 0 Å². The summed E-state index contributed by atoms with van der Waals surface area (Å²) < 4.78 is 5.36. The summed E-state index contributed by atoms with van der Waals surface area (Å²) in [5.74, 6) is 0.514. The van der Waals surface area contributed by atoms with E-state index in [-0.39, 0.29) is 11.6 Å². The molecule has 1 aliphatic heterocycles. The number of aromatic amines is 1. The molecule has 2 aromatic rings. The molecule has 1 unspecified atom stereocenters. The lowest BCUT2D eigenvalue weighted by Crippen LogP contribution is -2.32. The maximum absolute atomic E-state index is 9.89. The van der Waals surface area contributed by atoms with Crippen molar-refractivity contribution in [1.82, 2.24) is 19.9 Å². The van der Waals surface area contributed by atoms with Gasteiger partial charge in [-0.2, -0.15) is 0 Å². The van der Waals surface area contributed by atoms with E-state index in [0.29, 0.717) is 11.2 Å². The van der Waals surface area contributed by atoms with Crippen LogP contribution in [0.15, 0.2) is 6.33 Å². The van der Waals surface area contributed by atoms with Crippen LogP contribution in [0.3, 0.4) is 0 Å². The maximum Gasteiger partial charge on any atom is 0.183 e. The fraction of sp³-hybridized carbons (Fsp3) is 0.500. The summed E-state index contributed by atoms with van der Waals surface area (Å²) >= 11 is 0. The summed E-state index contributed by atoms with van der Waals surface area (Å²) in [6.07, 6.45) is -2.81. The Hall–Kier alpha value is -1.81. The Morgan fingerprint density at radius 3 is 2.74 bits per heavy atom. The van der Waals surface area contributed by atoms with E-state index in [2.05, 4.69) is 19.9 Å². The summed E-state index contributed by atoms with van der Waals surface area (Å²) in [6.45, 7) is -0.392. The van der Waals surface area contributed by atoms with Crippen molar-refractivity contribution >= 4 is 17.0 Å². The minimum atomic E-state index is -1.19. The number of aliphatic hydroxyl groups is 3. The number of hydrogen-bond acceptors (Lipinski definition) is 8. The molecule has 0 spiro atoms. The standard InChI is InChI=1S/C10H13N5O4/c11-8-4-9(13-2-12-8)15-10(14-4)7-6(18)5(17)3(1-16)19-7/h2-3,5-7,16-18H,1H2,(H3,11,12,13,14,15)/t3-,5-,6+,7?/m1/s1. The third-order valence-corrected chi connectivity index (χ3v) is 3.15. The second kappa shape index (κ2) is 4.38. The molecular formula is C10H13N5O4. The predicted octanol–water partition coefficient (Wildman–Crippen LogP) is -1.91. The highest BCUT2D eigenvalue weighted by Gasteiger charge is 2.44. The lowest BCUT2D eigenvalue weighted by molar-refractivity contribution is -0.0249. The number of nitrogen functional groups attached to an aromatic ring is 1. The number of nitrogens with one attached hydrogen (secondary N) is 1. The summed E-state index contributed by atoms with van der Waals surface area (Å²) in [5, 5.41) is 28.6. The molecule has 9 heteroatoms. The first-order valence-electron chi connectivity index (χ1n) is 5.70. The van der Waals surface area contributed by atoms with Crippen LogP contribution < -0.4 is 5.73 Å². The van der Waals surface area contributed by atoms with Crippen molar-refractivity contribution < 1.29 is 20.1 Å². The van der Waals surface area contributed by atoms with Gasteiger partial charge >= 0.3 is 0 Å². The van der Waals surface area contributed by atoms with Gasteiger partial charge in [0.05, 0.1) is 6.61 Å². The number of aromatic nitrogens is 4. The molecule has 102 valence electrons. The zero-order chi connectivity index (χ0) is 13.6. The van der Waals surface area contributed by atoms with E-state index in [1.54, 1.807) is 0 Å². The van der Waals surface area contributed by atoms with Crippen molar-refractivity contribution in [2.45, 2.75) is 24.4 Å². The number of hydrogen-bond donors (Lipinski definition) is 5. The molecule has 2 aromatic heterocycles. The normalized spacial score (nSPS) is 31.1. The average Bonchev–Trinajstić information content (AvgIpc) is 2.94. The van der Waals surface area contributed by atoms with Crippen LogP contribution in [0.5, 0.6) is 0 Å². The first-order chi connectivity index (χ1) is 9.11. The molecule has 0 aromatic carbocycles. The molecule has 9 nitrogen and oxygen atoms in total. The van der Waals surface area contributed by atoms with Crippen LogP contribution in [0.2, 0.25) is 0 Å². The van der Waals surface area contributed by atoms with E-state index in [1.165, 1.54) is 6.33 Å². The van der Waals surface area contributed by atoms with Gasteiger partial charge in [-0.05, 0) is 0 Å². The Labute approximate surface area is 107 Å². The Morgan fingerprint density at radius 2 is 2.11 bits per heavy atom. The number of imidazole rings is 1. The van der Waals surface area contributed by atoms with Crippen LogP contribution in [0.25, 0.3) is 11.2 Å². The van der Waals surface area contributed by atoms with E-state index in [9.17, 15) is 10.2 Å². The number of nitrogens with zero attached hydrogens (tertiary/aromatic N) is 3. The van der Waals surface area contributed by atoms with Gasteiger partial charge in [0, 0.05) is 0 Å². The monoisotopic (exact) mass is 267 g/mol. The smallest absolute Gasteiger partial charge is 0.183 e. The van der Waals surface area contributed by atoms with Gasteiger partial charge in [-0.1, -0.05) is 0 Å². The topological polar surface area (TPSA) is 150 Å². The quantitative estimate of drug-likeness (QED) is 0.423. The Morgan fingerprint density at radius 1 is 1.32 bits per heavy atom. The molecule has 4 atom stereocenters. The Bertz CT molecular complexity index is 603. The van der Waals surface area contributed by atoms with Gasteiger partial charge < -0.3 is 30.8 Å². The van der Waals surface area contributed by atoms with Crippen LogP contribution >= 0.6 is 0 Å². The molecule has 0 aliphatic carbocycles. The van der Waals surface area contributed by atoms with Gasteiger partial charge in [-0.25, -0.2) is 15.0 Å². The van der Waals surface area contributed by atoms with Crippen molar-refractivity contribution in [3.8, 4) is 0 Å². The number of H-pyrrole nitrogens is 1. The number of nitrogens with two attached hydrogens (primary N) is 1. The lowest BCUT2D eigenvalue weighted by atomic mass is 10.1. The SMILES string of the molecule is Nc1ncnc2nc(C3O[C@H](CO)[C@@H](O)[C@@H]3O)[nH]c12. The van der Waals surface area contributed by atoms with Gasteiger partial charge in [0.25, 0.3) is 0 Å². The number of aliphatic hydroxyl groups excluding tert-OH is 3. The van der Waals surface area contributed by atoms with E-state index in [0.717, 1.165) is 0 Å². The van der Waals surface area contributed by atoms with Gasteiger partial charge in [-0.3, -0.25) is 0 Å². The van der Waals surface area contributed by atoms with Crippen molar-refractivity contribution in [1.29, 1.82) is 0 Å². The summed E-state index contributed by atoms with van der Waals surface area (Å²) in [4.78, 5) is 14.8. The van der Waals surface area contributed by atoms with Crippen LogP contribution in [0, 0.1) is 0 Å². The molecule has 0 radical (unpaired) electrons. The molecule has 19 heavy (non-hydrogen) atoms. The number of anilines is 1. The van der Waals surface area contributed by atoms with Gasteiger partial charge in [0.1, 0.15) is 42.1 Å². The molecule has 6 N–H and O–H groups in total. The highest BCUT2D eigenvalue weighted by Crippen LogP contribution is 2.32. The van der Waals surface area contributed by atoms with E-state index >= 15 is 0 Å². The number of ether oxygens (including phenoxy) is 1. The fourth-order valence-corrected chi connectivity index (χ4v) is 2.12. The molecule has 1 saturated heterocycles. The highest BCUT2D eigenvalue weighted by atomic mass is 16.6. The van der Waals surface area contributed by atoms with Gasteiger partial charge in [-0.15, -0.1) is 0 Å². The predicted molar refractivity (Wildman–Crippen MR) is 62.8 cm³/mol. The van der Waals surface area contributed by atoms with Gasteiger partial charge in [0.2, 0.25) is 0 Å². The van der Waals surface area contributed by atoms with Crippen LogP contribution in [-0.4, -0.2) is 60.2 Å². The Balaban J connectivity index is 1.99. The molecule has 0 bridgehead atoms. The fourth-order valence-electron chi connectivity index (χ4n) is 2.12. The molecule has 0 saturated carbocycles. The first kappa shape index (κ1) is 12.2. The lowest BCUT2D eigenvalue weighted by Gasteiger charge is -2.11. The molecule has 3 heterocycles. The minimum Gasteiger partial charge on any atom is -0.394 e. The zero-order valence-corrected chi connectivity index (χ0v) is 9.76. The van der Waals surface area contributed by atoms with E-state index in [1.807, 2.05) is 0 Å². The van der Waals surface area contributed by atoms with E-state index < -0.39 is 31.0 Å². The van der Waals surface area contributed by atoms with Crippen molar-refractivity contribution in [3.05, 3.63) is 12.2 Å². The molecular weight excluding hydrogens is 254 g/mol. The van der Waals surface area contributed by atoms with Crippen LogP contribution in [0.1, 0.15) is 11.9 Å². The molecule has 0 amide bonds.